The summed E-state index contributed by atoms with van der Waals surface area (Å²) in [6.45, 7) is 2.21. The van der Waals surface area contributed by atoms with Crippen molar-refractivity contribution in [2.75, 3.05) is 25.1 Å². The maximum atomic E-state index is 14.0. The Morgan fingerprint density at radius 3 is 2.78 bits per heavy atom. The van der Waals surface area contributed by atoms with E-state index in [-0.39, 0.29) is 22.3 Å². The third kappa shape index (κ3) is 2.99. The molecule has 6 heteroatoms. The lowest BCUT2D eigenvalue weighted by molar-refractivity contribution is -0.138. The Hall–Kier alpha value is -1.61. The molecular weight excluding hydrogens is 303 g/mol. The minimum Gasteiger partial charge on any atom is -0.468 e. The van der Waals surface area contributed by atoms with Crippen LogP contribution >= 0.6 is 15.9 Å². The number of halogens is 2. The summed E-state index contributed by atoms with van der Waals surface area (Å²) in [5.41, 5.74) is 0.471. The summed E-state index contributed by atoms with van der Waals surface area (Å²) in [6, 6.07) is 4.85. The van der Waals surface area contributed by atoms with Crippen LogP contribution in [0.2, 0.25) is 0 Å². The number of ether oxygens (including phenoxy) is 1. The van der Waals surface area contributed by atoms with Gasteiger partial charge in [-0.05, 0) is 35.0 Å². The van der Waals surface area contributed by atoms with Gasteiger partial charge >= 0.3 is 5.97 Å². The van der Waals surface area contributed by atoms with Crippen LogP contribution in [0.5, 0.6) is 0 Å². The molecule has 0 amide bonds. The Kier molecular flexibility index (Phi) is 5.10. The highest BCUT2D eigenvalue weighted by Crippen LogP contribution is 2.29. The molecule has 0 unspecified atom stereocenters. The predicted octanol–water partition coefficient (Wildman–Crippen LogP) is 2.46. The number of anilines is 1. The van der Waals surface area contributed by atoms with E-state index in [2.05, 4.69) is 20.7 Å². The second-order valence-corrected chi connectivity index (χ2v) is 4.26. The Morgan fingerprint density at radius 1 is 1.61 bits per heavy atom. The number of methoxy groups -OCH3 is 1. The normalized spacial score (nSPS) is 9.72. The molecule has 1 aromatic carbocycles. The number of nitriles is 1. The first-order valence-corrected chi connectivity index (χ1v) is 6.04. The lowest BCUT2D eigenvalue weighted by atomic mass is 10.2. The predicted molar refractivity (Wildman–Crippen MR) is 68.7 cm³/mol. The number of carbonyl (C=O) groups excluding carboxylic acids is 1. The molecule has 0 fully saturated rings. The summed E-state index contributed by atoms with van der Waals surface area (Å²) >= 11 is 3.03. The summed E-state index contributed by atoms with van der Waals surface area (Å²) < 4.78 is 18.7. The average molecular weight is 315 g/mol. The molecule has 1 rings (SSSR count). The molecule has 0 atom stereocenters. The number of hydrogen-bond acceptors (Lipinski definition) is 4. The van der Waals surface area contributed by atoms with Crippen LogP contribution in [0.3, 0.4) is 0 Å². The van der Waals surface area contributed by atoms with Gasteiger partial charge in [0.15, 0.2) is 5.82 Å². The molecule has 0 N–H and O–H groups in total. The molecule has 1 aromatic rings. The maximum absolute atomic E-state index is 14.0. The number of likely N-dealkylation sites (N-methyl/N-ethyl adjacent to an activating group) is 1. The van der Waals surface area contributed by atoms with Gasteiger partial charge in [-0.1, -0.05) is 0 Å². The van der Waals surface area contributed by atoms with Crippen molar-refractivity contribution >= 4 is 27.6 Å². The molecule has 0 aromatic heterocycles. The zero-order valence-electron chi connectivity index (χ0n) is 10.0. The summed E-state index contributed by atoms with van der Waals surface area (Å²) in [7, 11) is 1.28. The average Bonchev–Trinajstić information content (AvgIpc) is 2.39. The third-order valence-corrected chi connectivity index (χ3v) is 3.23. The molecule has 0 saturated heterocycles. The van der Waals surface area contributed by atoms with Gasteiger partial charge in [0.1, 0.15) is 12.6 Å². The molecule has 96 valence electrons. The van der Waals surface area contributed by atoms with Gasteiger partial charge in [-0.25, -0.2) is 4.39 Å². The lowest BCUT2D eigenvalue weighted by Gasteiger charge is -2.22. The van der Waals surface area contributed by atoms with E-state index in [4.69, 9.17) is 5.26 Å². The summed E-state index contributed by atoms with van der Waals surface area (Å²) in [6.07, 6.45) is 0. The molecule has 0 aliphatic heterocycles. The fourth-order valence-corrected chi connectivity index (χ4v) is 1.88. The first-order valence-electron chi connectivity index (χ1n) is 5.25. The molecule has 4 nitrogen and oxygen atoms in total. The SMILES string of the molecule is CCN(CC(=O)OC)c1ccc(C#N)c(Br)c1F. The molecule has 0 saturated carbocycles. The van der Waals surface area contributed by atoms with Gasteiger partial charge in [-0.2, -0.15) is 5.26 Å². The van der Waals surface area contributed by atoms with Crippen LogP contribution < -0.4 is 4.90 Å². The monoisotopic (exact) mass is 314 g/mol. The number of rotatable bonds is 4. The molecule has 0 spiro atoms. The van der Waals surface area contributed by atoms with Gasteiger partial charge in [-0.3, -0.25) is 4.79 Å². The van der Waals surface area contributed by atoms with E-state index in [1.165, 1.54) is 24.1 Å². The third-order valence-electron chi connectivity index (χ3n) is 2.45. The van der Waals surface area contributed by atoms with Crippen LogP contribution in [0.15, 0.2) is 16.6 Å². The van der Waals surface area contributed by atoms with Crippen LogP contribution in [-0.2, 0) is 9.53 Å². The first-order chi connectivity index (χ1) is 8.54. The first kappa shape index (κ1) is 14.5. The highest BCUT2D eigenvalue weighted by Gasteiger charge is 2.17. The molecule has 0 bridgehead atoms. The summed E-state index contributed by atoms with van der Waals surface area (Å²) in [4.78, 5) is 12.8. The van der Waals surface area contributed by atoms with Crippen molar-refractivity contribution in [1.82, 2.24) is 0 Å². The fraction of sp³-hybridized carbons (Fsp3) is 0.333. The van der Waals surface area contributed by atoms with Crippen molar-refractivity contribution < 1.29 is 13.9 Å². The Balaban J connectivity index is 3.12. The molecule has 0 heterocycles. The zero-order valence-corrected chi connectivity index (χ0v) is 11.6. The van der Waals surface area contributed by atoms with E-state index in [1.807, 2.05) is 6.07 Å². The van der Waals surface area contributed by atoms with E-state index >= 15 is 0 Å². The van der Waals surface area contributed by atoms with Crippen LogP contribution in [0.4, 0.5) is 10.1 Å². The van der Waals surface area contributed by atoms with Gasteiger partial charge in [0.05, 0.1) is 22.8 Å². The van der Waals surface area contributed by atoms with Crippen molar-refractivity contribution in [1.29, 1.82) is 5.26 Å². The van der Waals surface area contributed by atoms with Crippen molar-refractivity contribution in [3.8, 4) is 6.07 Å². The van der Waals surface area contributed by atoms with E-state index in [9.17, 15) is 9.18 Å². The number of esters is 1. The van der Waals surface area contributed by atoms with Crippen molar-refractivity contribution in [2.24, 2.45) is 0 Å². The van der Waals surface area contributed by atoms with Crippen LogP contribution in [0.25, 0.3) is 0 Å². The van der Waals surface area contributed by atoms with Crippen molar-refractivity contribution in [3.63, 3.8) is 0 Å². The van der Waals surface area contributed by atoms with E-state index in [0.29, 0.717) is 6.54 Å². The van der Waals surface area contributed by atoms with E-state index < -0.39 is 11.8 Å². The number of nitrogens with zero attached hydrogens (tertiary/aromatic N) is 2. The van der Waals surface area contributed by atoms with Crippen LogP contribution in [0, 0.1) is 17.1 Å². The molecule has 18 heavy (non-hydrogen) atoms. The Labute approximate surface area is 113 Å². The molecular formula is C12H12BrFN2O2. The molecule has 0 aliphatic carbocycles. The second-order valence-electron chi connectivity index (χ2n) is 3.46. The standard InChI is InChI=1S/C12H12BrFN2O2/c1-3-16(7-10(17)18-2)9-5-4-8(6-15)11(13)12(9)14/h4-5H,3,7H2,1-2H3. The lowest BCUT2D eigenvalue weighted by Crippen LogP contribution is -2.31. The van der Waals surface area contributed by atoms with Crippen molar-refractivity contribution in [2.45, 2.75) is 6.92 Å². The van der Waals surface area contributed by atoms with Gasteiger partial charge in [0, 0.05) is 6.54 Å². The van der Waals surface area contributed by atoms with Gasteiger partial charge < -0.3 is 9.64 Å². The van der Waals surface area contributed by atoms with Crippen LogP contribution in [0.1, 0.15) is 12.5 Å². The zero-order chi connectivity index (χ0) is 13.7. The quantitative estimate of drug-likeness (QED) is 0.801. The van der Waals surface area contributed by atoms with E-state index in [0.717, 1.165) is 0 Å². The Morgan fingerprint density at radius 2 is 2.28 bits per heavy atom. The number of benzene rings is 1. The minimum atomic E-state index is -0.556. The highest BCUT2D eigenvalue weighted by atomic mass is 79.9. The summed E-state index contributed by atoms with van der Waals surface area (Å²) in [5, 5.41) is 8.78. The Bertz CT molecular complexity index is 500. The second kappa shape index (κ2) is 6.36. The van der Waals surface area contributed by atoms with E-state index in [1.54, 1.807) is 6.92 Å². The maximum Gasteiger partial charge on any atom is 0.325 e. The summed E-state index contributed by atoms with van der Waals surface area (Å²) in [5.74, 6) is -1.00. The smallest absolute Gasteiger partial charge is 0.325 e. The van der Waals surface area contributed by atoms with Gasteiger partial charge in [0.25, 0.3) is 0 Å². The highest BCUT2D eigenvalue weighted by molar-refractivity contribution is 9.10. The number of hydrogen-bond donors (Lipinski definition) is 0. The molecule has 0 aliphatic rings. The largest absolute Gasteiger partial charge is 0.468 e. The fourth-order valence-electron chi connectivity index (χ4n) is 1.46. The van der Waals surface area contributed by atoms with Crippen LogP contribution in [-0.4, -0.2) is 26.2 Å². The topological polar surface area (TPSA) is 53.3 Å². The van der Waals surface area contributed by atoms with Gasteiger partial charge in [-0.15, -0.1) is 0 Å². The van der Waals surface area contributed by atoms with Crippen molar-refractivity contribution in [3.05, 3.63) is 28.0 Å². The minimum absolute atomic E-state index is 0.0394. The molecule has 0 radical (unpaired) electrons. The number of carbonyl (C=O) groups is 1. The van der Waals surface area contributed by atoms with Gasteiger partial charge in [0.2, 0.25) is 0 Å².